The van der Waals surface area contributed by atoms with E-state index < -0.39 is 34.1 Å². The van der Waals surface area contributed by atoms with Gasteiger partial charge in [-0.05, 0) is 116 Å². The number of hydrogen-bond acceptors (Lipinski definition) is 11. The van der Waals surface area contributed by atoms with Gasteiger partial charge in [-0.2, -0.15) is 20.7 Å². The number of aromatic amines is 2. The normalized spacial score (nSPS) is 10.8. The third-order valence-corrected chi connectivity index (χ3v) is 9.46. The first-order chi connectivity index (χ1) is 28.4. The summed E-state index contributed by atoms with van der Waals surface area (Å²) in [7, 11) is 0. The first-order valence-electron chi connectivity index (χ1n) is 19.0. The smallest absolute Gasteiger partial charge is 0.287 e. The van der Waals surface area contributed by atoms with Gasteiger partial charge in [-0.25, -0.2) is 9.59 Å². The van der Waals surface area contributed by atoms with E-state index >= 15 is 0 Å². The molecule has 0 unspecified atom stereocenters. The molecule has 6 aromatic rings. The molecule has 15 nitrogen and oxygen atoms in total. The van der Waals surface area contributed by atoms with Gasteiger partial charge in [0.05, 0.1) is 42.6 Å². The number of H-pyrrole nitrogens is 2. The van der Waals surface area contributed by atoms with E-state index in [0.717, 1.165) is 28.1 Å². The molecule has 2 N–H and O–H groups in total. The zero-order valence-corrected chi connectivity index (χ0v) is 34.5. The van der Waals surface area contributed by atoms with Crippen molar-refractivity contribution in [1.82, 2.24) is 34.3 Å². The summed E-state index contributed by atoms with van der Waals surface area (Å²) in [5.41, 5.74) is 3.70. The van der Waals surface area contributed by atoms with Crippen LogP contribution >= 0.6 is 0 Å². The highest BCUT2D eigenvalue weighted by molar-refractivity contribution is 6.09. The van der Waals surface area contributed by atoms with Crippen LogP contribution in [-0.4, -0.2) is 45.8 Å². The Morgan fingerprint density at radius 3 is 1.45 bits per heavy atom. The van der Waals surface area contributed by atoms with E-state index in [1.807, 2.05) is 38.1 Å². The Hall–Kier alpha value is -7.65. The summed E-state index contributed by atoms with van der Waals surface area (Å²) >= 11 is 0. The van der Waals surface area contributed by atoms with Crippen molar-refractivity contribution in [3.05, 3.63) is 187 Å². The van der Waals surface area contributed by atoms with Gasteiger partial charge in [-0.3, -0.25) is 43.3 Å². The van der Waals surface area contributed by atoms with Gasteiger partial charge in [-0.15, -0.1) is 0 Å². The van der Waals surface area contributed by atoms with Gasteiger partial charge < -0.3 is 0 Å². The van der Waals surface area contributed by atoms with Crippen molar-refractivity contribution in [1.29, 1.82) is 10.5 Å². The molecule has 15 heteroatoms. The predicted octanol–water partition coefficient (Wildman–Crippen LogP) is 5.04. The SMILES string of the molecule is Cc1cc(C#N)cc(C(=O)c2c(C(C)C)c(=O)[nH]c(=O)n2Cc2cc(C)nc(C)c2)c1.Cc1cc(C#N)cc(C(=O)c2c(C(C)C)c(=O)[nH]c(=O)n2Cc2ccnnc2)c1. The summed E-state index contributed by atoms with van der Waals surface area (Å²) in [5, 5.41) is 26.0. The van der Waals surface area contributed by atoms with Crippen molar-refractivity contribution in [2.24, 2.45) is 0 Å². The van der Waals surface area contributed by atoms with Crippen molar-refractivity contribution in [2.75, 3.05) is 0 Å². The van der Waals surface area contributed by atoms with Crippen LogP contribution < -0.4 is 22.5 Å². The molecular formula is C45H43N9O6. The van der Waals surface area contributed by atoms with E-state index in [4.69, 9.17) is 0 Å². The molecule has 0 aliphatic heterocycles. The van der Waals surface area contributed by atoms with Crippen molar-refractivity contribution in [3.63, 3.8) is 0 Å². The molecule has 2 aromatic carbocycles. The Labute approximate surface area is 344 Å². The maximum absolute atomic E-state index is 13.6. The maximum Gasteiger partial charge on any atom is 0.329 e. The molecule has 0 radical (unpaired) electrons. The average Bonchev–Trinajstić information content (AvgIpc) is 3.18. The molecule has 304 valence electrons. The van der Waals surface area contributed by atoms with Crippen LogP contribution in [0.5, 0.6) is 0 Å². The molecule has 0 bridgehead atoms. The van der Waals surface area contributed by atoms with Crippen LogP contribution in [0.15, 0.2) is 86.2 Å². The average molecular weight is 806 g/mol. The topological polar surface area (TPSA) is 230 Å². The molecule has 0 fully saturated rings. The minimum atomic E-state index is -0.687. The third kappa shape index (κ3) is 9.71. The van der Waals surface area contributed by atoms with Gasteiger partial charge in [-0.1, -0.05) is 27.7 Å². The van der Waals surface area contributed by atoms with Gasteiger partial charge in [0.25, 0.3) is 11.1 Å². The monoisotopic (exact) mass is 805 g/mol. The summed E-state index contributed by atoms with van der Waals surface area (Å²) in [4.78, 5) is 86.7. The highest BCUT2D eigenvalue weighted by atomic mass is 16.2. The fourth-order valence-electron chi connectivity index (χ4n) is 7.06. The minimum Gasteiger partial charge on any atom is -0.287 e. The van der Waals surface area contributed by atoms with E-state index in [1.165, 1.54) is 33.7 Å². The number of rotatable bonds is 10. The number of aryl methyl sites for hydroxylation is 4. The fraction of sp³-hybridized carbons (Fsp3) is 0.267. The number of pyridine rings is 1. The van der Waals surface area contributed by atoms with Crippen LogP contribution in [0.3, 0.4) is 0 Å². The summed E-state index contributed by atoms with van der Waals surface area (Å²) in [5.74, 6) is -1.55. The molecule has 4 aromatic heterocycles. The van der Waals surface area contributed by atoms with E-state index in [0.29, 0.717) is 16.7 Å². The first-order valence-corrected chi connectivity index (χ1v) is 19.0. The number of nitrogens with one attached hydrogen (secondary N) is 2. The second kappa shape index (κ2) is 18.3. The van der Waals surface area contributed by atoms with E-state index in [1.54, 1.807) is 71.9 Å². The molecule has 0 spiro atoms. The lowest BCUT2D eigenvalue weighted by molar-refractivity contribution is 0.101. The molecule has 0 saturated heterocycles. The summed E-state index contributed by atoms with van der Waals surface area (Å²) < 4.78 is 2.55. The molecule has 0 amide bonds. The number of nitrogens with zero attached hydrogens (tertiary/aromatic N) is 7. The summed E-state index contributed by atoms with van der Waals surface area (Å²) in [6.07, 6.45) is 2.97. The predicted molar refractivity (Wildman–Crippen MR) is 223 cm³/mol. The number of hydrogen-bond donors (Lipinski definition) is 2. The fourth-order valence-corrected chi connectivity index (χ4v) is 7.06. The highest BCUT2D eigenvalue weighted by Gasteiger charge is 2.27. The van der Waals surface area contributed by atoms with Crippen LogP contribution in [0.25, 0.3) is 0 Å². The van der Waals surface area contributed by atoms with Crippen molar-refractivity contribution >= 4 is 11.6 Å². The second-order valence-electron chi connectivity index (χ2n) is 15.1. The zero-order chi connectivity index (χ0) is 44.0. The molecule has 0 aliphatic rings. The third-order valence-electron chi connectivity index (χ3n) is 9.46. The van der Waals surface area contributed by atoms with Gasteiger partial charge in [0.1, 0.15) is 11.4 Å². The van der Waals surface area contributed by atoms with E-state index in [2.05, 4.69) is 25.1 Å². The molecule has 0 saturated carbocycles. The quantitative estimate of drug-likeness (QED) is 0.174. The van der Waals surface area contributed by atoms with Gasteiger partial charge >= 0.3 is 11.4 Å². The summed E-state index contributed by atoms with van der Waals surface area (Å²) in [6, 6.07) is 19.0. The minimum absolute atomic E-state index is 0.0139. The Morgan fingerprint density at radius 2 is 1.07 bits per heavy atom. The Morgan fingerprint density at radius 1 is 0.633 bits per heavy atom. The number of ketones is 2. The van der Waals surface area contributed by atoms with Gasteiger partial charge in [0, 0.05) is 39.8 Å². The number of aromatic nitrogens is 7. The number of carbonyl (C=O) groups is 2. The largest absolute Gasteiger partial charge is 0.329 e. The van der Waals surface area contributed by atoms with E-state index in [9.17, 15) is 39.3 Å². The zero-order valence-electron chi connectivity index (χ0n) is 34.5. The second-order valence-corrected chi connectivity index (χ2v) is 15.1. The van der Waals surface area contributed by atoms with Crippen LogP contribution in [0.4, 0.5) is 0 Å². The number of benzene rings is 2. The molecule has 0 atom stereocenters. The van der Waals surface area contributed by atoms with E-state index in [-0.39, 0.29) is 58.6 Å². The lowest BCUT2D eigenvalue weighted by Crippen LogP contribution is -2.38. The lowest BCUT2D eigenvalue weighted by Gasteiger charge is -2.18. The standard InChI is InChI=1S/C24H24N4O3.C21H19N5O3/c1-13(2)20-21(22(29)19-7-14(3)6-17(10-19)11-25)28(24(31)27-23(20)30)12-18-8-15(4)26-16(5)9-18;1-12(2)17-18(19(27)16-7-13(3)6-15(8-16)9-22)26(21(29)25-20(17)28)11-14-4-5-23-24-10-14/h6-10,13H,12H2,1-5H3,(H,27,30,31);4-8,10,12H,11H2,1-3H3,(H,25,28,29). The molecular weight excluding hydrogens is 763 g/mol. The van der Waals surface area contributed by atoms with Crippen LogP contribution in [0.2, 0.25) is 0 Å². The molecule has 60 heavy (non-hydrogen) atoms. The summed E-state index contributed by atoms with van der Waals surface area (Å²) in [6.45, 7) is 14.6. The van der Waals surface area contributed by atoms with Crippen LogP contribution in [-0.2, 0) is 13.1 Å². The van der Waals surface area contributed by atoms with Gasteiger partial charge in [0.2, 0.25) is 11.6 Å². The van der Waals surface area contributed by atoms with Crippen molar-refractivity contribution in [2.45, 2.75) is 80.3 Å². The Balaban J connectivity index is 0.000000228. The lowest BCUT2D eigenvalue weighted by atomic mass is 9.95. The Kier molecular flexibility index (Phi) is 13.3. The highest BCUT2D eigenvalue weighted by Crippen LogP contribution is 2.22. The number of carbonyl (C=O) groups excluding carboxylic acids is 2. The van der Waals surface area contributed by atoms with Crippen LogP contribution in [0, 0.1) is 50.4 Å². The molecule has 4 heterocycles. The van der Waals surface area contributed by atoms with Crippen LogP contribution in [0.1, 0.15) is 128 Å². The first kappa shape index (κ1) is 43.5. The number of nitriles is 2. The molecule has 6 rings (SSSR count). The Bertz CT molecular complexity index is 2960. The van der Waals surface area contributed by atoms with Gasteiger partial charge in [0.15, 0.2) is 0 Å². The molecule has 0 aliphatic carbocycles. The van der Waals surface area contributed by atoms with Crippen molar-refractivity contribution in [3.8, 4) is 12.1 Å². The maximum atomic E-state index is 13.6. The van der Waals surface area contributed by atoms with Crippen molar-refractivity contribution < 1.29 is 9.59 Å².